The van der Waals surface area contributed by atoms with E-state index in [0.29, 0.717) is 30.8 Å². The number of hydrogen-bond acceptors (Lipinski definition) is 2. The molecule has 5 heteroatoms. The molecule has 2 aromatic rings. The third kappa shape index (κ3) is 3.72. The van der Waals surface area contributed by atoms with Gasteiger partial charge in [0.1, 0.15) is 5.82 Å². The summed E-state index contributed by atoms with van der Waals surface area (Å²) in [5.74, 6) is -2.34. The van der Waals surface area contributed by atoms with E-state index >= 15 is 0 Å². The zero-order valence-corrected chi connectivity index (χ0v) is 14.3. The van der Waals surface area contributed by atoms with Crippen LogP contribution in [0.2, 0.25) is 0 Å². The second-order valence-electron chi connectivity index (χ2n) is 6.29. The molecule has 0 radical (unpaired) electrons. The van der Waals surface area contributed by atoms with Crippen molar-refractivity contribution in [2.45, 2.75) is 38.9 Å². The van der Waals surface area contributed by atoms with Gasteiger partial charge in [0.25, 0.3) is 0 Å². The lowest BCUT2D eigenvalue weighted by molar-refractivity contribution is -0.164. The first-order valence-electron chi connectivity index (χ1n) is 8.48. The van der Waals surface area contributed by atoms with Gasteiger partial charge in [0, 0.05) is 18.1 Å². The molecule has 1 saturated heterocycles. The summed E-state index contributed by atoms with van der Waals surface area (Å²) in [6.45, 7) is 4.36. The molecule has 0 aliphatic carbocycles. The molecule has 1 aliphatic rings. The van der Waals surface area contributed by atoms with Crippen LogP contribution in [0.15, 0.2) is 30.3 Å². The van der Waals surface area contributed by atoms with Gasteiger partial charge >= 0.3 is 0 Å². The highest BCUT2D eigenvalue weighted by Crippen LogP contribution is 2.33. The Morgan fingerprint density at radius 3 is 2.52 bits per heavy atom. The van der Waals surface area contributed by atoms with E-state index in [1.165, 1.54) is 25.1 Å². The SMILES string of the molecule is CCOC1CCC(c2ccc(-c3ccc(C)c(F)c3F)cc2F)CO1. The highest BCUT2D eigenvalue weighted by molar-refractivity contribution is 5.65. The van der Waals surface area contributed by atoms with Crippen LogP contribution in [0.4, 0.5) is 13.2 Å². The minimum atomic E-state index is -0.951. The van der Waals surface area contributed by atoms with Gasteiger partial charge in [0.05, 0.1) is 6.61 Å². The number of ether oxygens (including phenoxy) is 2. The van der Waals surface area contributed by atoms with Crippen molar-refractivity contribution in [3.8, 4) is 11.1 Å². The summed E-state index contributed by atoms with van der Waals surface area (Å²) in [5.41, 5.74) is 1.14. The summed E-state index contributed by atoms with van der Waals surface area (Å²) in [7, 11) is 0. The van der Waals surface area contributed by atoms with E-state index in [-0.39, 0.29) is 23.3 Å². The van der Waals surface area contributed by atoms with Gasteiger partial charge in [-0.25, -0.2) is 13.2 Å². The molecule has 134 valence electrons. The van der Waals surface area contributed by atoms with E-state index in [1.54, 1.807) is 12.1 Å². The smallest absolute Gasteiger partial charge is 0.166 e. The molecule has 0 bridgehead atoms. The average Bonchev–Trinajstić information content (AvgIpc) is 2.61. The number of hydrogen-bond donors (Lipinski definition) is 0. The molecule has 25 heavy (non-hydrogen) atoms. The Labute approximate surface area is 145 Å². The number of halogens is 3. The Morgan fingerprint density at radius 1 is 1.08 bits per heavy atom. The Balaban J connectivity index is 1.81. The lowest BCUT2D eigenvalue weighted by atomic mass is 9.91. The van der Waals surface area contributed by atoms with E-state index in [1.807, 2.05) is 6.92 Å². The molecule has 2 atom stereocenters. The van der Waals surface area contributed by atoms with Gasteiger partial charge in [-0.15, -0.1) is 0 Å². The van der Waals surface area contributed by atoms with Crippen LogP contribution < -0.4 is 0 Å². The molecule has 2 unspecified atom stereocenters. The number of aryl methyl sites for hydroxylation is 1. The number of benzene rings is 2. The van der Waals surface area contributed by atoms with Crippen molar-refractivity contribution < 1.29 is 22.6 Å². The van der Waals surface area contributed by atoms with Crippen LogP contribution in [-0.2, 0) is 9.47 Å². The van der Waals surface area contributed by atoms with Crippen molar-refractivity contribution >= 4 is 0 Å². The lowest BCUT2D eigenvalue weighted by Gasteiger charge is -2.29. The fourth-order valence-electron chi connectivity index (χ4n) is 3.18. The molecule has 1 heterocycles. The molecule has 1 aliphatic heterocycles. The van der Waals surface area contributed by atoms with Crippen LogP contribution in [0.5, 0.6) is 0 Å². The first-order chi connectivity index (χ1) is 12.0. The van der Waals surface area contributed by atoms with Crippen molar-refractivity contribution in [1.82, 2.24) is 0 Å². The first kappa shape index (κ1) is 18.0. The second-order valence-corrected chi connectivity index (χ2v) is 6.29. The Bertz CT molecular complexity index is 753. The molecule has 0 saturated carbocycles. The van der Waals surface area contributed by atoms with Crippen LogP contribution in [0.3, 0.4) is 0 Å². The normalized spacial score (nSPS) is 20.7. The Kier molecular flexibility index (Phi) is 5.45. The summed E-state index contributed by atoms with van der Waals surface area (Å²) < 4.78 is 53.5. The summed E-state index contributed by atoms with van der Waals surface area (Å²) in [6.07, 6.45) is 1.24. The lowest BCUT2D eigenvalue weighted by Crippen LogP contribution is -2.27. The molecular weight excluding hydrogens is 329 g/mol. The van der Waals surface area contributed by atoms with Gasteiger partial charge in [-0.3, -0.25) is 0 Å². The molecule has 2 nitrogen and oxygen atoms in total. The summed E-state index contributed by atoms with van der Waals surface area (Å²) in [6, 6.07) is 7.48. The molecule has 2 aromatic carbocycles. The predicted octanol–water partition coefficient (Wildman–Crippen LogP) is 5.34. The van der Waals surface area contributed by atoms with Gasteiger partial charge in [-0.1, -0.05) is 24.3 Å². The van der Waals surface area contributed by atoms with Crippen LogP contribution in [0.25, 0.3) is 11.1 Å². The summed E-state index contributed by atoms with van der Waals surface area (Å²) in [5, 5.41) is 0. The number of rotatable bonds is 4. The van der Waals surface area contributed by atoms with Crippen LogP contribution in [0.1, 0.15) is 36.8 Å². The Morgan fingerprint density at radius 2 is 1.88 bits per heavy atom. The van der Waals surface area contributed by atoms with Gasteiger partial charge in [-0.2, -0.15) is 0 Å². The van der Waals surface area contributed by atoms with Gasteiger partial charge in [0.15, 0.2) is 17.9 Å². The first-order valence-corrected chi connectivity index (χ1v) is 8.48. The minimum Gasteiger partial charge on any atom is -0.353 e. The fraction of sp³-hybridized carbons (Fsp3) is 0.400. The van der Waals surface area contributed by atoms with Crippen molar-refractivity contribution in [1.29, 1.82) is 0 Å². The Hall–Kier alpha value is -1.85. The quantitative estimate of drug-likeness (QED) is 0.741. The zero-order valence-electron chi connectivity index (χ0n) is 14.3. The highest BCUT2D eigenvalue weighted by Gasteiger charge is 2.25. The standard InChI is InChI=1S/C20H21F3O2/c1-3-24-18-9-6-14(11-25-18)15-8-5-13(10-17(15)21)16-7-4-12(2)19(22)20(16)23/h4-5,7-8,10,14,18H,3,6,9,11H2,1-2H3. The molecule has 1 fully saturated rings. The predicted molar refractivity (Wildman–Crippen MR) is 89.8 cm³/mol. The van der Waals surface area contributed by atoms with E-state index in [2.05, 4.69) is 0 Å². The zero-order chi connectivity index (χ0) is 18.0. The van der Waals surface area contributed by atoms with Gasteiger partial charge in [0.2, 0.25) is 0 Å². The van der Waals surface area contributed by atoms with E-state index in [0.717, 1.165) is 6.42 Å². The van der Waals surface area contributed by atoms with Crippen LogP contribution in [-0.4, -0.2) is 19.5 Å². The van der Waals surface area contributed by atoms with Crippen molar-refractivity contribution in [3.63, 3.8) is 0 Å². The van der Waals surface area contributed by atoms with Crippen LogP contribution in [0, 0.1) is 24.4 Å². The molecule has 0 amide bonds. The highest BCUT2D eigenvalue weighted by atomic mass is 19.2. The largest absolute Gasteiger partial charge is 0.353 e. The van der Waals surface area contributed by atoms with Crippen molar-refractivity contribution in [2.75, 3.05) is 13.2 Å². The van der Waals surface area contributed by atoms with E-state index in [4.69, 9.17) is 9.47 Å². The van der Waals surface area contributed by atoms with E-state index in [9.17, 15) is 13.2 Å². The maximum atomic E-state index is 14.6. The maximum absolute atomic E-state index is 14.6. The van der Waals surface area contributed by atoms with Crippen molar-refractivity contribution in [3.05, 3.63) is 58.9 Å². The fourth-order valence-corrected chi connectivity index (χ4v) is 3.18. The van der Waals surface area contributed by atoms with Crippen molar-refractivity contribution in [2.24, 2.45) is 0 Å². The van der Waals surface area contributed by atoms with Crippen LogP contribution >= 0.6 is 0 Å². The summed E-state index contributed by atoms with van der Waals surface area (Å²) >= 11 is 0. The third-order valence-electron chi connectivity index (χ3n) is 4.61. The average molecular weight is 350 g/mol. The second kappa shape index (κ2) is 7.58. The third-order valence-corrected chi connectivity index (χ3v) is 4.61. The minimum absolute atomic E-state index is 0.0600. The molecule has 0 aromatic heterocycles. The molecular formula is C20H21F3O2. The molecule has 3 rings (SSSR count). The molecule has 0 spiro atoms. The topological polar surface area (TPSA) is 18.5 Å². The maximum Gasteiger partial charge on any atom is 0.166 e. The van der Waals surface area contributed by atoms with E-state index < -0.39 is 17.5 Å². The van der Waals surface area contributed by atoms with Gasteiger partial charge in [-0.05, 0) is 49.4 Å². The monoisotopic (exact) mass is 350 g/mol. The summed E-state index contributed by atoms with van der Waals surface area (Å²) in [4.78, 5) is 0. The molecule has 0 N–H and O–H groups in total. The van der Waals surface area contributed by atoms with Gasteiger partial charge < -0.3 is 9.47 Å².